The largest absolute Gasteiger partial charge is 0.497 e. The number of hydrogen-bond donors (Lipinski definition) is 1. The third kappa shape index (κ3) is 5.19. The highest BCUT2D eigenvalue weighted by atomic mass is 16.5. The molecule has 0 radical (unpaired) electrons. The summed E-state index contributed by atoms with van der Waals surface area (Å²) in [5.74, 6) is 1.30. The maximum Gasteiger partial charge on any atom is 0.221 e. The summed E-state index contributed by atoms with van der Waals surface area (Å²) < 4.78 is 10.8. The average Bonchev–Trinajstić information content (AvgIpc) is 3.01. The van der Waals surface area contributed by atoms with Gasteiger partial charge in [-0.1, -0.05) is 19.3 Å². The van der Waals surface area contributed by atoms with Gasteiger partial charge < -0.3 is 19.4 Å². The Balaban J connectivity index is 1.45. The third-order valence-corrected chi connectivity index (χ3v) is 4.68. The van der Waals surface area contributed by atoms with Crippen LogP contribution in [0.2, 0.25) is 0 Å². The van der Waals surface area contributed by atoms with E-state index in [0.29, 0.717) is 24.4 Å². The van der Waals surface area contributed by atoms with Crippen molar-refractivity contribution in [3.63, 3.8) is 0 Å². The first-order valence-electron chi connectivity index (χ1n) is 9.17. The highest BCUT2D eigenvalue weighted by Gasteiger charge is 2.12. The second-order valence-corrected chi connectivity index (χ2v) is 6.58. The van der Waals surface area contributed by atoms with E-state index in [-0.39, 0.29) is 5.91 Å². The van der Waals surface area contributed by atoms with Gasteiger partial charge in [-0.05, 0) is 38.1 Å². The molecule has 1 aliphatic heterocycles. The Morgan fingerprint density at radius 3 is 2.76 bits per heavy atom. The Morgan fingerprint density at radius 1 is 1.24 bits per heavy atom. The van der Waals surface area contributed by atoms with Crippen molar-refractivity contribution in [1.82, 2.24) is 15.2 Å². The molecule has 0 spiro atoms. The van der Waals surface area contributed by atoms with E-state index in [1.807, 2.05) is 18.2 Å². The van der Waals surface area contributed by atoms with Crippen molar-refractivity contribution >= 4 is 17.0 Å². The molecule has 0 atom stereocenters. The predicted molar refractivity (Wildman–Crippen MR) is 96.5 cm³/mol. The van der Waals surface area contributed by atoms with Crippen molar-refractivity contribution in [1.29, 1.82) is 0 Å². The maximum absolute atomic E-state index is 12.1. The fourth-order valence-corrected chi connectivity index (χ4v) is 3.22. The van der Waals surface area contributed by atoms with Crippen molar-refractivity contribution in [2.75, 3.05) is 26.7 Å². The second-order valence-electron chi connectivity index (χ2n) is 6.58. The number of nitrogens with one attached hydrogen (secondary N) is 1. The van der Waals surface area contributed by atoms with Crippen LogP contribution in [0.1, 0.15) is 44.4 Å². The summed E-state index contributed by atoms with van der Waals surface area (Å²) >= 11 is 0. The zero-order valence-corrected chi connectivity index (χ0v) is 14.9. The van der Waals surface area contributed by atoms with Crippen LogP contribution in [0.25, 0.3) is 11.1 Å². The monoisotopic (exact) mass is 345 g/mol. The van der Waals surface area contributed by atoms with Crippen LogP contribution in [0.4, 0.5) is 0 Å². The number of ether oxygens (including phenoxy) is 1. The molecule has 1 aliphatic rings. The molecule has 2 aromatic rings. The highest BCUT2D eigenvalue weighted by molar-refractivity contribution is 5.76. The maximum atomic E-state index is 12.1. The summed E-state index contributed by atoms with van der Waals surface area (Å²) in [7, 11) is 1.62. The Bertz CT molecular complexity index is 690. The van der Waals surface area contributed by atoms with Crippen molar-refractivity contribution in [3.8, 4) is 5.75 Å². The predicted octanol–water partition coefficient (Wildman–Crippen LogP) is 3.11. The van der Waals surface area contributed by atoms with Crippen LogP contribution in [-0.4, -0.2) is 42.5 Å². The van der Waals surface area contributed by atoms with Crippen LogP contribution in [0.5, 0.6) is 5.75 Å². The molecular weight excluding hydrogens is 318 g/mol. The van der Waals surface area contributed by atoms with E-state index >= 15 is 0 Å². The fraction of sp³-hybridized carbons (Fsp3) is 0.579. The van der Waals surface area contributed by atoms with E-state index in [1.165, 1.54) is 32.1 Å². The molecule has 1 aromatic carbocycles. The number of fused-ring (bicyclic) bond motifs is 1. The van der Waals surface area contributed by atoms with Crippen LogP contribution in [0.3, 0.4) is 0 Å². The zero-order valence-electron chi connectivity index (χ0n) is 14.9. The van der Waals surface area contributed by atoms with Gasteiger partial charge in [0.15, 0.2) is 5.58 Å². The van der Waals surface area contributed by atoms with E-state index < -0.39 is 0 Å². The van der Waals surface area contributed by atoms with Crippen LogP contribution < -0.4 is 10.1 Å². The van der Waals surface area contributed by atoms with E-state index in [9.17, 15) is 4.79 Å². The third-order valence-electron chi connectivity index (χ3n) is 4.68. The minimum atomic E-state index is 0.0434. The molecule has 3 rings (SSSR count). The summed E-state index contributed by atoms with van der Waals surface area (Å²) in [6.45, 7) is 3.37. The Morgan fingerprint density at radius 2 is 2.00 bits per heavy atom. The molecule has 136 valence electrons. The number of hydrogen-bond acceptors (Lipinski definition) is 5. The lowest BCUT2D eigenvalue weighted by Gasteiger charge is -2.24. The summed E-state index contributed by atoms with van der Waals surface area (Å²) in [5.41, 5.74) is 1.44. The summed E-state index contributed by atoms with van der Waals surface area (Å²) in [4.78, 5) is 18.9. The molecule has 1 fully saturated rings. The molecule has 6 heteroatoms. The molecule has 0 unspecified atom stereocenters. The van der Waals surface area contributed by atoms with Gasteiger partial charge in [-0.3, -0.25) is 4.79 Å². The van der Waals surface area contributed by atoms with Crippen LogP contribution in [0.15, 0.2) is 22.6 Å². The van der Waals surface area contributed by atoms with Gasteiger partial charge in [-0.15, -0.1) is 0 Å². The standard InChI is InChI=1S/C19H27N3O3/c1-24-15-7-8-17-16(13-15)21-19(25-17)14-20-18(23)9-12-22-10-5-3-2-4-6-11-22/h7-8,13H,2-6,9-12,14H2,1H3,(H,20,23). The summed E-state index contributed by atoms with van der Waals surface area (Å²) in [6, 6.07) is 5.49. The van der Waals surface area contributed by atoms with Crippen LogP contribution in [-0.2, 0) is 11.3 Å². The number of rotatable bonds is 6. The molecule has 2 heterocycles. The number of aromatic nitrogens is 1. The smallest absolute Gasteiger partial charge is 0.221 e. The van der Waals surface area contributed by atoms with Gasteiger partial charge in [0, 0.05) is 19.0 Å². The van der Waals surface area contributed by atoms with E-state index in [1.54, 1.807) is 7.11 Å². The molecule has 1 saturated heterocycles. The number of benzene rings is 1. The van der Waals surface area contributed by atoms with Gasteiger partial charge in [-0.25, -0.2) is 4.98 Å². The van der Waals surface area contributed by atoms with Gasteiger partial charge in [0.25, 0.3) is 0 Å². The lowest BCUT2D eigenvalue weighted by molar-refractivity contribution is -0.121. The molecule has 0 bridgehead atoms. The molecule has 0 saturated carbocycles. The summed E-state index contributed by atoms with van der Waals surface area (Å²) in [6.07, 6.45) is 6.98. The number of methoxy groups -OCH3 is 1. The van der Waals surface area contributed by atoms with Crippen LogP contribution in [0, 0.1) is 0 Å². The first-order valence-corrected chi connectivity index (χ1v) is 9.17. The lowest BCUT2D eigenvalue weighted by atomic mass is 10.1. The molecule has 1 aromatic heterocycles. The molecule has 1 N–H and O–H groups in total. The second kappa shape index (κ2) is 8.85. The van der Waals surface area contributed by atoms with Gasteiger partial charge in [0.05, 0.1) is 13.7 Å². The number of nitrogens with zero attached hydrogens (tertiary/aromatic N) is 2. The Kier molecular flexibility index (Phi) is 6.28. The van der Waals surface area contributed by atoms with E-state index in [2.05, 4.69) is 15.2 Å². The Labute approximate surface area is 148 Å². The number of likely N-dealkylation sites (tertiary alicyclic amines) is 1. The number of amides is 1. The van der Waals surface area contributed by atoms with Crippen LogP contribution >= 0.6 is 0 Å². The zero-order chi connectivity index (χ0) is 17.5. The topological polar surface area (TPSA) is 67.6 Å². The Hall–Kier alpha value is -2.08. The van der Waals surface area contributed by atoms with E-state index in [4.69, 9.17) is 9.15 Å². The normalized spacial score (nSPS) is 16.4. The molecule has 1 amide bonds. The minimum Gasteiger partial charge on any atom is -0.497 e. The highest BCUT2D eigenvalue weighted by Crippen LogP contribution is 2.21. The first kappa shape index (κ1) is 17.7. The number of carbonyl (C=O) groups is 1. The van der Waals surface area contributed by atoms with Crippen molar-refractivity contribution in [2.45, 2.75) is 45.1 Å². The molecular formula is C19H27N3O3. The number of oxazole rings is 1. The number of carbonyl (C=O) groups excluding carboxylic acids is 1. The average molecular weight is 345 g/mol. The fourth-order valence-electron chi connectivity index (χ4n) is 3.22. The first-order chi connectivity index (χ1) is 12.2. The van der Waals surface area contributed by atoms with Crippen molar-refractivity contribution in [3.05, 3.63) is 24.1 Å². The lowest BCUT2D eigenvalue weighted by Crippen LogP contribution is -2.32. The van der Waals surface area contributed by atoms with Gasteiger partial charge in [0.2, 0.25) is 11.8 Å². The van der Waals surface area contributed by atoms with Crippen molar-refractivity contribution in [2.24, 2.45) is 0 Å². The minimum absolute atomic E-state index is 0.0434. The quantitative estimate of drug-likeness (QED) is 0.871. The van der Waals surface area contributed by atoms with Gasteiger partial charge in [-0.2, -0.15) is 0 Å². The molecule has 6 nitrogen and oxygen atoms in total. The SMILES string of the molecule is COc1ccc2oc(CNC(=O)CCN3CCCCCCC3)nc2c1. The molecule has 0 aliphatic carbocycles. The van der Waals surface area contributed by atoms with Gasteiger partial charge >= 0.3 is 0 Å². The van der Waals surface area contributed by atoms with E-state index in [0.717, 1.165) is 30.9 Å². The van der Waals surface area contributed by atoms with Gasteiger partial charge in [0.1, 0.15) is 11.3 Å². The molecule has 25 heavy (non-hydrogen) atoms. The summed E-state index contributed by atoms with van der Waals surface area (Å²) in [5, 5.41) is 2.90. The van der Waals surface area contributed by atoms with Crippen molar-refractivity contribution < 1.29 is 13.9 Å².